The summed E-state index contributed by atoms with van der Waals surface area (Å²) in [5, 5.41) is 1.41. The number of halogens is 1. The summed E-state index contributed by atoms with van der Waals surface area (Å²) in [5.74, 6) is -0.409. The molecule has 1 saturated carbocycles. The summed E-state index contributed by atoms with van der Waals surface area (Å²) in [6.45, 7) is 4.68. The average Bonchev–Trinajstić information content (AvgIpc) is 2.41. The van der Waals surface area contributed by atoms with E-state index in [1.165, 1.54) is 6.92 Å². The summed E-state index contributed by atoms with van der Waals surface area (Å²) in [6, 6.07) is 7.83. The van der Waals surface area contributed by atoms with Crippen LogP contribution in [0.3, 0.4) is 0 Å². The topological polar surface area (TPSA) is 63.2 Å². The summed E-state index contributed by atoms with van der Waals surface area (Å²) >= 11 is 3.45. The van der Waals surface area contributed by atoms with Gasteiger partial charge in [0, 0.05) is 4.47 Å². The third-order valence-electron chi connectivity index (χ3n) is 4.47. The molecule has 1 amide bonds. The SMILES string of the molecule is CC(C)S(=O)(=O)[C@H](C)C(=O)NC1(c2cccc(Br)c2)CCC1. The summed E-state index contributed by atoms with van der Waals surface area (Å²) in [5.41, 5.74) is 0.595. The van der Waals surface area contributed by atoms with Gasteiger partial charge in [0.15, 0.2) is 9.84 Å². The van der Waals surface area contributed by atoms with Crippen molar-refractivity contribution >= 4 is 31.7 Å². The zero-order valence-corrected chi connectivity index (χ0v) is 15.5. The van der Waals surface area contributed by atoms with E-state index >= 15 is 0 Å². The second-order valence-electron chi connectivity index (χ2n) is 6.22. The molecule has 0 aromatic heterocycles. The lowest BCUT2D eigenvalue weighted by Gasteiger charge is -2.43. The molecule has 1 aliphatic carbocycles. The third-order valence-corrected chi connectivity index (χ3v) is 7.47. The Labute approximate surface area is 140 Å². The number of hydrogen-bond acceptors (Lipinski definition) is 3. The Bertz CT molecular complexity index is 666. The molecular weight excluding hydrogens is 366 g/mol. The monoisotopic (exact) mass is 387 g/mol. The van der Waals surface area contributed by atoms with E-state index < -0.39 is 31.8 Å². The van der Waals surface area contributed by atoms with E-state index in [0.29, 0.717) is 0 Å². The second-order valence-corrected chi connectivity index (χ2v) is 9.96. The molecule has 0 bridgehead atoms. The van der Waals surface area contributed by atoms with Crippen molar-refractivity contribution in [2.75, 3.05) is 0 Å². The summed E-state index contributed by atoms with van der Waals surface area (Å²) < 4.78 is 25.3. The van der Waals surface area contributed by atoms with E-state index in [-0.39, 0.29) is 0 Å². The molecule has 0 spiro atoms. The van der Waals surface area contributed by atoms with Gasteiger partial charge in [0.25, 0.3) is 0 Å². The highest BCUT2D eigenvalue weighted by molar-refractivity contribution is 9.10. The number of amides is 1. The molecule has 6 heteroatoms. The van der Waals surface area contributed by atoms with Gasteiger partial charge in [-0.1, -0.05) is 28.1 Å². The van der Waals surface area contributed by atoms with Gasteiger partial charge in [0.1, 0.15) is 5.25 Å². The number of nitrogens with one attached hydrogen (secondary N) is 1. The molecule has 1 fully saturated rings. The molecule has 1 aliphatic rings. The molecule has 122 valence electrons. The smallest absolute Gasteiger partial charge is 0.238 e. The van der Waals surface area contributed by atoms with E-state index in [1.54, 1.807) is 13.8 Å². The maximum absolute atomic E-state index is 12.5. The van der Waals surface area contributed by atoms with Crippen molar-refractivity contribution in [3.05, 3.63) is 34.3 Å². The predicted molar refractivity (Wildman–Crippen MR) is 91.3 cm³/mol. The second kappa shape index (κ2) is 6.32. The molecule has 0 aliphatic heterocycles. The maximum atomic E-state index is 12.5. The minimum Gasteiger partial charge on any atom is -0.345 e. The lowest BCUT2D eigenvalue weighted by molar-refractivity contribution is -0.123. The van der Waals surface area contributed by atoms with Crippen molar-refractivity contribution in [2.24, 2.45) is 0 Å². The van der Waals surface area contributed by atoms with Crippen molar-refractivity contribution in [3.8, 4) is 0 Å². The van der Waals surface area contributed by atoms with Gasteiger partial charge in [-0.05, 0) is 57.7 Å². The van der Waals surface area contributed by atoms with E-state index in [1.807, 2.05) is 24.3 Å². The molecule has 1 atom stereocenters. The Kier molecular flexibility index (Phi) is 5.02. The lowest BCUT2D eigenvalue weighted by atomic mass is 9.71. The normalized spacial score (nSPS) is 18.6. The first kappa shape index (κ1) is 17.5. The van der Waals surface area contributed by atoms with Gasteiger partial charge in [-0.3, -0.25) is 4.79 Å². The standard InChI is InChI=1S/C16H22BrNO3S/c1-11(2)22(20,21)12(3)15(19)18-16(8-5-9-16)13-6-4-7-14(17)10-13/h4,6-7,10-12H,5,8-9H2,1-3H3,(H,18,19)/t12-/m1/s1. The number of carbonyl (C=O) groups is 1. The molecule has 1 N–H and O–H groups in total. The molecule has 0 saturated heterocycles. The highest BCUT2D eigenvalue weighted by atomic mass is 79.9. The minimum absolute atomic E-state index is 0.409. The zero-order valence-electron chi connectivity index (χ0n) is 13.1. The molecule has 1 aromatic carbocycles. The Morgan fingerprint density at radius 1 is 1.27 bits per heavy atom. The van der Waals surface area contributed by atoms with Crippen molar-refractivity contribution in [3.63, 3.8) is 0 Å². The van der Waals surface area contributed by atoms with E-state index in [4.69, 9.17) is 0 Å². The average molecular weight is 388 g/mol. The van der Waals surface area contributed by atoms with Gasteiger partial charge in [0.05, 0.1) is 10.8 Å². The summed E-state index contributed by atoms with van der Waals surface area (Å²) in [6.07, 6.45) is 2.70. The van der Waals surface area contributed by atoms with Crippen LogP contribution in [0.1, 0.15) is 45.6 Å². The first-order valence-corrected chi connectivity index (χ1v) is 9.90. The largest absolute Gasteiger partial charge is 0.345 e. The van der Waals surface area contributed by atoms with E-state index in [2.05, 4.69) is 21.2 Å². The van der Waals surface area contributed by atoms with Gasteiger partial charge < -0.3 is 5.32 Å². The highest BCUT2D eigenvalue weighted by Gasteiger charge is 2.42. The fourth-order valence-corrected chi connectivity index (χ4v) is 4.27. The number of sulfone groups is 1. The first-order chi connectivity index (χ1) is 10.2. The van der Waals surface area contributed by atoms with Gasteiger partial charge in [-0.15, -0.1) is 0 Å². The zero-order chi connectivity index (χ0) is 16.5. The Hall–Kier alpha value is -0.880. The third kappa shape index (κ3) is 3.23. The molecular formula is C16H22BrNO3S. The van der Waals surface area contributed by atoms with Crippen LogP contribution in [0.15, 0.2) is 28.7 Å². The molecule has 0 heterocycles. The van der Waals surface area contributed by atoms with Crippen LogP contribution in [-0.2, 0) is 20.2 Å². The van der Waals surface area contributed by atoms with Crippen LogP contribution in [0.25, 0.3) is 0 Å². The van der Waals surface area contributed by atoms with Crippen LogP contribution in [0.4, 0.5) is 0 Å². The van der Waals surface area contributed by atoms with Crippen molar-refractivity contribution in [1.29, 1.82) is 0 Å². The van der Waals surface area contributed by atoms with Gasteiger partial charge in [-0.2, -0.15) is 0 Å². The fraction of sp³-hybridized carbons (Fsp3) is 0.562. The van der Waals surface area contributed by atoms with Crippen LogP contribution in [0.2, 0.25) is 0 Å². The molecule has 0 unspecified atom stereocenters. The first-order valence-electron chi connectivity index (χ1n) is 7.50. The van der Waals surface area contributed by atoms with Crippen LogP contribution in [0, 0.1) is 0 Å². The van der Waals surface area contributed by atoms with Crippen molar-refractivity contribution in [1.82, 2.24) is 5.32 Å². The van der Waals surface area contributed by atoms with Crippen LogP contribution in [0.5, 0.6) is 0 Å². The molecule has 2 rings (SSSR count). The minimum atomic E-state index is -3.44. The molecule has 4 nitrogen and oxygen atoms in total. The Balaban J connectivity index is 2.22. The number of carbonyl (C=O) groups excluding carboxylic acids is 1. The van der Waals surface area contributed by atoms with Gasteiger partial charge >= 0.3 is 0 Å². The van der Waals surface area contributed by atoms with Gasteiger partial charge in [0.2, 0.25) is 5.91 Å². The fourth-order valence-electron chi connectivity index (χ4n) is 2.70. The molecule has 1 aromatic rings. The Morgan fingerprint density at radius 2 is 1.91 bits per heavy atom. The van der Waals surface area contributed by atoms with Crippen molar-refractivity contribution in [2.45, 2.75) is 56.1 Å². The van der Waals surface area contributed by atoms with Crippen LogP contribution < -0.4 is 5.32 Å². The van der Waals surface area contributed by atoms with Crippen LogP contribution in [-0.4, -0.2) is 24.8 Å². The number of hydrogen-bond donors (Lipinski definition) is 1. The Morgan fingerprint density at radius 3 is 2.36 bits per heavy atom. The summed E-state index contributed by atoms with van der Waals surface area (Å²) in [4.78, 5) is 12.5. The predicted octanol–water partition coefficient (Wildman–Crippen LogP) is 3.16. The quantitative estimate of drug-likeness (QED) is 0.843. The van der Waals surface area contributed by atoms with Gasteiger partial charge in [-0.25, -0.2) is 8.42 Å². The molecule has 22 heavy (non-hydrogen) atoms. The number of benzene rings is 1. The summed E-state index contributed by atoms with van der Waals surface area (Å²) in [7, 11) is -3.44. The van der Waals surface area contributed by atoms with E-state index in [0.717, 1.165) is 29.3 Å². The highest BCUT2D eigenvalue weighted by Crippen LogP contribution is 2.42. The van der Waals surface area contributed by atoms with E-state index in [9.17, 15) is 13.2 Å². The lowest BCUT2D eigenvalue weighted by Crippen LogP contribution is -2.54. The molecule has 0 radical (unpaired) electrons. The number of rotatable bonds is 5. The maximum Gasteiger partial charge on any atom is 0.238 e. The van der Waals surface area contributed by atoms with Crippen molar-refractivity contribution < 1.29 is 13.2 Å². The van der Waals surface area contributed by atoms with Crippen LogP contribution >= 0.6 is 15.9 Å².